The van der Waals surface area contributed by atoms with E-state index in [-0.39, 0.29) is 24.0 Å². The van der Waals surface area contributed by atoms with Crippen LogP contribution in [0, 0.1) is 11.6 Å². The number of carbonyl (C=O) groups excluding carboxylic acids is 1. The summed E-state index contributed by atoms with van der Waals surface area (Å²) in [5, 5.41) is 6.05. The normalized spacial score (nSPS) is 16.4. The van der Waals surface area contributed by atoms with E-state index in [9.17, 15) is 27.2 Å². The summed E-state index contributed by atoms with van der Waals surface area (Å²) in [6, 6.07) is 4.85. The lowest BCUT2D eigenvalue weighted by Crippen LogP contribution is -2.32. The van der Waals surface area contributed by atoms with Crippen LogP contribution in [0.4, 0.5) is 27.6 Å². The molecule has 1 aliphatic rings. The van der Waals surface area contributed by atoms with E-state index in [0.29, 0.717) is 30.7 Å². The third-order valence-electron chi connectivity index (χ3n) is 6.28. The number of nitrogens with one attached hydrogen (secondary N) is 1. The zero-order valence-corrected chi connectivity index (χ0v) is 22.7. The smallest absolute Gasteiger partial charge is 0.425 e. The van der Waals surface area contributed by atoms with Gasteiger partial charge in [-0.05, 0) is 51.3 Å². The van der Waals surface area contributed by atoms with Gasteiger partial charge in [-0.25, -0.2) is 13.6 Å². The number of rotatable bonds is 9. The van der Waals surface area contributed by atoms with Crippen molar-refractivity contribution in [2.75, 3.05) is 11.9 Å². The largest absolute Gasteiger partial charge is 0.480 e. The van der Waals surface area contributed by atoms with Crippen LogP contribution < -0.4 is 15.7 Å². The van der Waals surface area contributed by atoms with E-state index < -0.39 is 64.5 Å². The molecule has 9 nitrogen and oxygen atoms in total. The summed E-state index contributed by atoms with van der Waals surface area (Å²) in [7, 11) is 0. The van der Waals surface area contributed by atoms with Crippen molar-refractivity contribution in [2.45, 2.75) is 64.8 Å². The average Bonchev–Trinajstić information content (AvgIpc) is 3.24. The van der Waals surface area contributed by atoms with Crippen molar-refractivity contribution < 1.29 is 41.0 Å². The van der Waals surface area contributed by atoms with Gasteiger partial charge in [0, 0.05) is 19.2 Å². The lowest BCUT2D eigenvalue weighted by atomic mass is 10.1. The Bertz CT molecular complexity index is 1450. The van der Waals surface area contributed by atoms with Gasteiger partial charge in [0.25, 0.3) is 5.91 Å². The molecule has 2 atom stereocenters. The van der Waals surface area contributed by atoms with Crippen LogP contribution >= 0.6 is 11.6 Å². The fourth-order valence-corrected chi connectivity index (χ4v) is 4.27. The van der Waals surface area contributed by atoms with Crippen molar-refractivity contribution in [3.05, 3.63) is 68.9 Å². The number of carbonyl (C=O) groups is 1. The van der Waals surface area contributed by atoms with E-state index in [1.54, 1.807) is 6.92 Å². The molecule has 0 unspecified atom stereocenters. The molecule has 0 bridgehead atoms. The third kappa shape index (κ3) is 6.88. The molecule has 0 saturated carbocycles. The van der Waals surface area contributed by atoms with Crippen molar-refractivity contribution in [2.24, 2.45) is 0 Å². The Morgan fingerprint density at radius 3 is 2.63 bits per heavy atom. The first-order valence-corrected chi connectivity index (χ1v) is 13.0. The first kappa shape index (κ1) is 30.5. The lowest BCUT2D eigenvalue weighted by molar-refractivity contribution is -0.189. The van der Waals surface area contributed by atoms with Crippen LogP contribution in [0.15, 0.2) is 35.1 Å². The van der Waals surface area contributed by atoms with E-state index in [4.69, 9.17) is 25.8 Å². The fourth-order valence-electron chi connectivity index (χ4n) is 4.06. The highest BCUT2D eigenvalue weighted by molar-refractivity contribution is 6.34. The van der Waals surface area contributed by atoms with Crippen LogP contribution in [0.25, 0.3) is 5.69 Å². The molecule has 41 heavy (non-hydrogen) atoms. The molecule has 1 saturated heterocycles. The summed E-state index contributed by atoms with van der Waals surface area (Å²) in [6.45, 7) is 2.82. The average molecular weight is 605 g/mol. The van der Waals surface area contributed by atoms with Gasteiger partial charge >= 0.3 is 11.9 Å². The Morgan fingerprint density at radius 2 is 2.00 bits per heavy atom. The van der Waals surface area contributed by atoms with E-state index in [2.05, 4.69) is 10.4 Å². The SMILES string of the molecule is CCn1c(CO[C@H]2CCCCO2)nn(-c2cc(O[C@@H](C)C(F)(F)F)c(C(=O)Nc3c(F)cccc3Cl)cc2F)c1=O. The molecule has 2 aromatic carbocycles. The molecule has 4 rings (SSSR count). The van der Waals surface area contributed by atoms with Crippen molar-refractivity contribution in [3.63, 3.8) is 0 Å². The highest BCUT2D eigenvalue weighted by Crippen LogP contribution is 2.32. The number of benzene rings is 2. The summed E-state index contributed by atoms with van der Waals surface area (Å²) >= 11 is 5.93. The van der Waals surface area contributed by atoms with Crippen LogP contribution in [0.5, 0.6) is 5.75 Å². The van der Waals surface area contributed by atoms with Crippen molar-refractivity contribution in [1.29, 1.82) is 0 Å². The number of anilines is 1. The van der Waals surface area contributed by atoms with Gasteiger partial charge in [-0.15, -0.1) is 5.10 Å². The number of hydrogen-bond donors (Lipinski definition) is 1. The van der Waals surface area contributed by atoms with Crippen LogP contribution in [0.3, 0.4) is 0 Å². The Morgan fingerprint density at radius 1 is 1.24 bits per heavy atom. The van der Waals surface area contributed by atoms with E-state index >= 15 is 4.39 Å². The molecule has 1 amide bonds. The predicted octanol–water partition coefficient (Wildman–Crippen LogP) is 5.61. The van der Waals surface area contributed by atoms with Crippen molar-refractivity contribution in [3.8, 4) is 11.4 Å². The monoisotopic (exact) mass is 604 g/mol. The van der Waals surface area contributed by atoms with Gasteiger partial charge in [-0.1, -0.05) is 17.7 Å². The number of para-hydroxylation sites is 1. The molecule has 2 heterocycles. The second-order valence-corrected chi connectivity index (χ2v) is 9.52. The second kappa shape index (κ2) is 12.6. The summed E-state index contributed by atoms with van der Waals surface area (Å²) in [5.74, 6) is -3.94. The van der Waals surface area contributed by atoms with Crippen LogP contribution in [-0.2, 0) is 22.6 Å². The predicted molar refractivity (Wildman–Crippen MR) is 137 cm³/mol. The maximum absolute atomic E-state index is 15.4. The van der Waals surface area contributed by atoms with Crippen LogP contribution in [0.2, 0.25) is 5.02 Å². The zero-order chi connectivity index (χ0) is 29.9. The second-order valence-electron chi connectivity index (χ2n) is 9.11. The van der Waals surface area contributed by atoms with Crippen LogP contribution in [-0.4, -0.2) is 45.4 Å². The van der Waals surface area contributed by atoms with Gasteiger partial charge in [-0.2, -0.15) is 17.9 Å². The maximum atomic E-state index is 15.4. The number of amides is 1. The highest BCUT2D eigenvalue weighted by Gasteiger charge is 2.39. The van der Waals surface area contributed by atoms with E-state index in [1.807, 2.05) is 0 Å². The van der Waals surface area contributed by atoms with Crippen molar-refractivity contribution >= 4 is 23.2 Å². The van der Waals surface area contributed by atoms with E-state index in [0.717, 1.165) is 25.0 Å². The van der Waals surface area contributed by atoms with Gasteiger partial charge in [0.15, 0.2) is 18.2 Å². The molecule has 222 valence electrons. The first-order chi connectivity index (χ1) is 19.4. The molecular weight excluding hydrogens is 579 g/mol. The third-order valence-corrected chi connectivity index (χ3v) is 6.59. The Kier molecular flexibility index (Phi) is 9.34. The number of ether oxygens (including phenoxy) is 3. The lowest BCUT2D eigenvalue weighted by Gasteiger charge is -2.22. The number of halogens is 6. The number of alkyl halides is 3. The number of aromatic nitrogens is 3. The topological polar surface area (TPSA) is 96.6 Å². The minimum Gasteiger partial charge on any atom is -0.480 e. The first-order valence-electron chi connectivity index (χ1n) is 12.6. The molecule has 0 radical (unpaired) electrons. The minimum atomic E-state index is -4.86. The standard InChI is InChI=1S/C26H26ClF5N4O5/c1-3-35-21(13-40-22-9-4-5-10-39-22)34-36(25(35)38)19-12-20(41-14(2)26(30,31)32)15(11-18(19)29)24(37)33-23-16(27)7-6-8-17(23)28/h6-8,11-12,14,22H,3-5,9-10,13H2,1-2H3,(H,33,37)/t14-,22-/m0/s1. The Labute approximate surface area is 235 Å². The van der Waals surface area contributed by atoms with Crippen LogP contribution in [0.1, 0.15) is 49.3 Å². The highest BCUT2D eigenvalue weighted by atomic mass is 35.5. The van der Waals surface area contributed by atoms with Gasteiger partial charge in [-0.3, -0.25) is 9.36 Å². The van der Waals surface area contributed by atoms with Crippen molar-refractivity contribution in [1.82, 2.24) is 14.3 Å². The molecule has 0 spiro atoms. The molecule has 15 heteroatoms. The van der Waals surface area contributed by atoms with Gasteiger partial charge < -0.3 is 19.5 Å². The molecule has 0 aliphatic carbocycles. The molecule has 1 fully saturated rings. The number of hydrogen-bond acceptors (Lipinski definition) is 6. The fraction of sp³-hybridized carbons (Fsp3) is 0.423. The number of nitrogens with zero attached hydrogens (tertiary/aromatic N) is 3. The molecular formula is C26H26ClF5N4O5. The Balaban J connectivity index is 1.74. The van der Waals surface area contributed by atoms with Gasteiger partial charge in [0.1, 0.15) is 29.7 Å². The Hall–Kier alpha value is -3.49. The molecule has 3 aromatic rings. The molecule has 1 aromatic heterocycles. The minimum absolute atomic E-state index is 0.119. The van der Waals surface area contributed by atoms with E-state index in [1.165, 1.54) is 16.7 Å². The summed E-state index contributed by atoms with van der Waals surface area (Å²) in [4.78, 5) is 26.1. The summed E-state index contributed by atoms with van der Waals surface area (Å²) in [5.41, 5.74) is -2.56. The maximum Gasteiger partial charge on any atom is 0.425 e. The summed E-state index contributed by atoms with van der Waals surface area (Å²) in [6.07, 6.45) is -5.36. The zero-order valence-electron chi connectivity index (χ0n) is 21.9. The summed E-state index contributed by atoms with van der Waals surface area (Å²) < 4.78 is 87.8. The molecule has 1 N–H and O–H groups in total. The quantitative estimate of drug-likeness (QED) is 0.319. The van der Waals surface area contributed by atoms with Gasteiger partial charge in [0.05, 0.1) is 16.3 Å². The van der Waals surface area contributed by atoms with Gasteiger partial charge in [0.2, 0.25) is 0 Å². The molecule has 1 aliphatic heterocycles.